The summed E-state index contributed by atoms with van der Waals surface area (Å²) in [7, 11) is 2.22. The van der Waals surface area contributed by atoms with Crippen molar-refractivity contribution in [3.8, 4) is 0 Å². The number of nitrogens with zero attached hydrogens (tertiary/aromatic N) is 3. The summed E-state index contributed by atoms with van der Waals surface area (Å²) < 4.78 is 0. The topological polar surface area (TPSA) is 19.4 Å². The van der Waals surface area contributed by atoms with Crippen LogP contribution < -0.4 is 4.90 Å². The highest BCUT2D eigenvalue weighted by atomic mass is 15.4. The summed E-state index contributed by atoms with van der Waals surface area (Å²) in [4.78, 5) is 9.32. The highest BCUT2D eigenvalue weighted by Crippen LogP contribution is 2.32. The van der Waals surface area contributed by atoms with Crippen molar-refractivity contribution in [2.24, 2.45) is 0 Å². The summed E-state index contributed by atoms with van der Waals surface area (Å²) in [6.45, 7) is 2.35. The Labute approximate surface area is 84.3 Å². The third-order valence-electron chi connectivity index (χ3n) is 3.46. The molecule has 0 saturated carbocycles. The SMILES string of the molecule is CN1C[C@H]2C[C@@H]1CN2c1ccccn1. The van der Waals surface area contributed by atoms with Gasteiger partial charge in [-0.15, -0.1) is 0 Å². The molecular weight excluding hydrogens is 174 g/mol. The molecule has 0 unspecified atom stereocenters. The van der Waals surface area contributed by atoms with Crippen molar-refractivity contribution in [1.29, 1.82) is 0 Å². The van der Waals surface area contributed by atoms with Crippen LogP contribution in [-0.2, 0) is 0 Å². The first kappa shape index (κ1) is 8.24. The quantitative estimate of drug-likeness (QED) is 0.656. The summed E-state index contributed by atoms with van der Waals surface area (Å²) in [6.07, 6.45) is 3.19. The number of aromatic nitrogens is 1. The van der Waals surface area contributed by atoms with Crippen LogP contribution in [0.3, 0.4) is 0 Å². The van der Waals surface area contributed by atoms with Crippen LogP contribution in [-0.4, -0.2) is 42.1 Å². The Morgan fingerprint density at radius 1 is 1.29 bits per heavy atom. The van der Waals surface area contributed by atoms with E-state index in [1.54, 1.807) is 0 Å². The standard InChI is InChI=1S/C11H15N3/c1-13-7-10-6-9(13)8-14(10)11-4-2-3-5-12-11/h2-5,9-10H,6-8H2,1H3/t9-,10-/m1/s1. The zero-order valence-corrected chi connectivity index (χ0v) is 8.43. The number of likely N-dealkylation sites (tertiary alicyclic amines) is 1. The number of likely N-dealkylation sites (N-methyl/N-ethyl adjacent to an activating group) is 1. The van der Waals surface area contributed by atoms with E-state index in [9.17, 15) is 0 Å². The van der Waals surface area contributed by atoms with Gasteiger partial charge in [0.15, 0.2) is 0 Å². The summed E-state index contributed by atoms with van der Waals surface area (Å²) >= 11 is 0. The van der Waals surface area contributed by atoms with Crippen molar-refractivity contribution in [1.82, 2.24) is 9.88 Å². The lowest BCUT2D eigenvalue weighted by Crippen LogP contribution is -2.44. The van der Waals surface area contributed by atoms with E-state index >= 15 is 0 Å². The van der Waals surface area contributed by atoms with Gasteiger partial charge in [-0.05, 0) is 25.6 Å². The van der Waals surface area contributed by atoms with Crippen molar-refractivity contribution in [2.75, 3.05) is 25.0 Å². The second-order valence-corrected chi connectivity index (χ2v) is 4.32. The van der Waals surface area contributed by atoms with Crippen LogP contribution in [0.15, 0.2) is 24.4 Å². The van der Waals surface area contributed by atoms with Crippen molar-refractivity contribution in [3.05, 3.63) is 24.4 Å². The van der Waals surface area contributed by atoms with E-state index in [2.05, 4.69) is 34.0 Å². The predicted octanol–water partition coefficient (Wildman–Crippen LogP) is 0.974. The maximum atomic E-state index is 4.41. The molecule has 0 N–H and O–H groups in total. The van der Waals surface area contributed by atoms with Gasteiger partial charge in [-0.3, -0.25) is 4.90 Å². The molecule has 3 nitrogen and oxygen atoms in total. The number of fused-ring (bicyclic) bond motifs is 2. The first-order chi connectivity index (χ1) is 6.84. The second kappa shape index (κ2) is 2.95. The highest BCUT2D eigenvalue weighted by molar-refractivity contribution is 5.42. The molecule has 0 aromatic carbocycles. The Kier molecular flexibility index (Phi) is 1.74. The number of pyridine rings is 1. The van der Waals surface area contributed by atoms with Gasteiger partial charge in [-0.25, -0.2) is 4.98 Å². The number of hydrogen-bond donors (Lipinski definition) is 0. The fraction of sp³-hybridized carbons (Fsp3) is 0.545. The average Bonchev–Trinajstić information content (AvgIpc) is 2.77. The van der Waals surface area contributed by atoms with Gasteiger partial charge < -0.3 is 4.90 Å². The van der Waals surface area contributed by atoms with Gasteiger partial charge in [0.05, 0.1) is 0 Å². The molecule has 1 aromatic heterocycles. The molecule has 2 saturated heterocycles. The number of hydrogen-bond acceptors (Lipinski definition) is 3. The molecule has 1 aromatic rings. The molecule has 2 fully saturated rings. The minimum atomic E-state index is 0.694. The van der Waals surface area contributed by atoms with E-state index in [0.29, 0.717) is 6.04 Å². The molecule has 14 heavy (non-hydrogen) atoms. The zero-order chi connectivity index (χ0) is 9.54. The van der Waals surface area contributed by atoms with Gasteiger partial charge in [0.2, 0.25) is 0 Å². The molecule has 3 rings (SSSR count). The van der Waals surface area contributed by atoms with Crippen LogP contribution in [0, 0.1) is 0 Å². The Hall–Kier alpha value is -1.09. The summed E-state index contributed by atoms with van der Waals surface area (Å²) in [5, 5.41) is 0. The first-order valence-electron chi connectivity index (χ1n) is 5.22. The fourth-order valence-corrected chi connectivity index (χ4v) is 2.67. The van der Waals surface area contributed by atoms with Gasteiger partial charge in [-0.2, -0.15) is 0 Å². The Morgan fingerprint density at radius 2 is 2.21 bits per heavy atom. The average molecular weight is 189 g/mol. The van der Waals surface area contributed by atoms with E-state index in [0.717, 1.165) is 18.4 Å². The van der Waals surface area contributed by atoms with Crippen molar-refractivity contribution in [3.63, 3.8) is 0 Å². The van der Waals surface area contributed by atoms with E-state index < -0.39 is 0 Å². The summed E-state index contributed by atoms with van der Waals surface area (Å²) in [5.74, 6) is 1.15. The van der Waals surface area contributed by atoms with Gasteiger partial charge in [0, 0.05) is 31.4 Å². The monoisotopic (exact) mass is 189 g/mol. The highest BCUT2D eigenvalue weighted by Gasteiger charge is 2.41. The molecule has 0 spiro atoms. The Morgan fingerprint density at radius 3 is 2.79 bits per heavy atom. The van der Waals surface area contributed by atoms with Crippen LogP contribution >= 0.6 is 0 Å². The van der Waals surface area contributed by atoms with E-state index in [1.165, 1.54) is 13.0 Å². The van der Waals surface area contributed by atoms with Gasteiger partial charge in [-0.1, -0.05) is 6.07 Å². The fourth-order valence-electron chi connectivity index (χ4n) is 2.67. The minimum Gasteiger partial charge on any atom is -0.351 e. The van der Waals surface area contributed by atoms with Crippen LogP contribution in [0.1, 0.15) is 6.42 Å². The van der Waals surface area contributed by atoms with Gasteiger partial charge >= 0.3 is 0 Å². The molecule has 0 amide bonds. The molecule has 3 heterocycles. The van der Waals surface area contributed by atoms with Crippen LogP contribution in [0.25, 0.3) is 0 Å². The van der Waals surface area contributed by atoms with E-state index in [1.807, 2.05) is 12.3 Å². The lowest BCUT2D eigenvalue weighted by Gasteiger charge is -2.32. The van der Waals surface area contributed by atoms with Gasteiger partial charge in [0.25, 0.3) is 0 Å². The molecule has 2 aliphatic heterocycles. The van der Waals surface area contributed by atoms with Crippen LogP contribution in [0.2, 0.25) is 0 Å². The van der Waals surface area contributed by atoms with Gasteiger partial charge in [0.1, 0.15) is 5.82 Å². The normalized spacial score (nSPS) is 31.4. The third-order valence-corrected chi connectivity index (χ3v) is 3.46. The van der Waals surface area contributed by atoms with Crippen molar-refractivity contribution in [2.45, 2.75) is 18.5 Å². The molecule has 2 atom stereocenters. The van der Waals surface area contributed by atoms with Crippen molar-refractivity contribution >= 4 is 5.82 Å². The van der Waals surface area contributed by atoms with E-state index in [4.69, 9.17) is 0 Å². The Bertz CT molecular complexity index is 323. The second-order valence-electron chi connectivity index (χ2n) is 4.32. The smallest absolute Gasteiger partial charge is 0.128 e. The summed E-state index contributed by atoms with van der Waals surface area (Å²) in [5.41, 5.74) is 0. The lowest BCUT2D eigenvalue weighted by atomic mass is 10.2. The molecule has 74 valence electrons. The molecule has 2 bridgehead atoms. The van der Waals surface area contributed by atoms with Crippen molar-refractivity contribution < 1.29 is 0 Å². The third kappa shape index (κ3) is 1.12. The largest absolute Gasteiger partial charge is 0.351 e. The molecule has 0 aliphatic carbocycles. The van der Waals surface area contributed by atoms with Crippen LogP contribution in [0.4, 0.5) is 5.82 Å². The predicted molar refractivity (Wildman–Crippen MR) is 56.4 cm³/mol. The van der Waals surface area contributed by atoms with E-state index in [-0.39, 0.29) is 0 Å². The number of piperazine rings is 1. The molecule has 2 aliphatic rings. The number of rotatable bonds is 1. The van der Waals surface area contributed by atoms with Crippen LogP contribution in [0.5, 0.6) is 0 Å². The lowest BCUT2D eigenvalue weighted by molar-refractivity contribution is 0.292. The number of anilines is 1. The summed E-state index contributed by atoms with van der Waals surface area (Å²) in [6, 6.07) is 7.60. The Balaban J connectivity index is 1.84. The maximum Gasteiger partial charge on any atom is 0.128 e. The molecule has 0 radical (unpaired) electrons. The molecular formula is C11H15N3. The molecule has 3 heteroatoms. The maximum absolute atomic E-state index is 4.41. The minimum absolute atomic E-state index is 0.694. The zero-order valence-electron chi connectivity index (χ0n) is 8.43. The first-order valence-corrected chi connectivity index (χ1v) is 5.22.